The zero-order valence-electron chi connectivity index (χ0n) is 36.5. The molecule has 0 saturated carbocycles. The van der Waals surface area contributed by atoms with E-state index in [9.17, 15) is 38.0 Å². The molecule has 0 unspecified atom stereocenters. The first-order valence-corrected chi connectivity index (χ1v) is 22.9. The van der Waals surface area contributed by atoms with E-state index >= 15 is 0 Å². The number of halogens is 1. The molecule has 0 aliphatic carbocycles. The van der Waals surface area contributed by atoms with Gasteiger partial charge in [-0.1, -0.05) is 45.0 Å². The molecule has 336 valence electrons. The summed E-state index contributed by atoms with van der Waals surface area (Å²) >= 11 is 0. The third-order valence-corrected chi connectivity index (χ3v) is 13.6. The van der Waals surface area contributed by atoms with Crippen LogP contribution in [0.25, 0.3) is 0 Å². The number of sulfone groups is 1. The van der Waals surface area contributed by atoms with Crippen LogP contribution in [0.1, 0.15) is 91.4 Å². The van der Waals surface area contributed by atoms with E-state index in [1.807, 2.05) is 51.6 Å². The maximum atomic E-state index is 14.2. The van der Waals surface area contributed by atoms with Gasteiger partial charge in [0.15, 0.2) is 16.1 Å². The summed E-state index contributed by atoms with van der Waals surface area (Å²) in [6.07, 6.45) is -1.40. The molecule has 1 aromatic carbocycles. The molecular weight excluding hydrogens is 786 g/mol. The van der Waals surface area contributed by atoms with Crippen LogP contribution >= 0.6 is 0 Å². The second-order valence-corrected chi connectivity index (χ2v) is 19.8. The zero-order valence-corrected chi connectivity index (χ0v) is 37.3. The summed E-state index contributed by atoms with van der Waals surface area (Å²) in [4.78, 5) is 17.6. The normalized spacial score (nSPS) is 35.5. The number of aliphatic hydroxyl groups excluding tert-OH is 3. The summed E-state index contributed by atoms with van der Waals surface area (Å²) in [5.74, 6) is -1.59. The first-order chi connectivity index (χ1) is 27.6. The molecule has 3 heterocycles. The lowest BCUT2D eigenvalue weighted by atomic mass is 9.86. The van der Waals surface area contributed by atoms with Gasteiger partial charge in [0.2, 0.25) is 0 Å². The predicted molar refractivity (Wildman–Crippen MR) is 220 cm³/mol. The molecule has 0 spiro atoms. The van der Waals surface area contributed by atoms with Crippen molar-refractivity contribution >= 4 is 15.8 Å². The van der Waals surface area contributed by atoms with Crippen LogP contribution in [0, 0.1) is 17.8 Å². The van der Waals surface area contributed by atoms with E-state index < -0.39 is 82.9 Å². The number of hydrogen-bond donors (Lipinski definition) is 4. The van der Waals surface area contributed by atoms with E-state index in [2.05, 4.69) is 10.3 Å². The molecule has 4 rings (SSSR count). The van der Waals surface area contributed by atoms with Crippen LogP contribution in [-0.4, -0.2) is 160 Å². The number of aromatic nitrogens is 3. The Morgan fingerprint density at radius 3 is 2.36 bits per heavy atom. The van der Waals surface area contributed by atoms with Crippen molar-refractivity contribution in [2.24, 2.45) is 17.8 Å². The molecule has 15 nitrogen and oxygen atoms in total. The summed E-state index contributed by atoms with van der Waals surface area (Å²) < 4.78 is 58.0. The molecule has 2 aliphatic rings. The highest BCUT2D eigenvalue weighted by Gasteiger charge is 2.46. The van der Waals surface area contributed by atoms with E-state index in [1.54, 1.807) is 32.2 Å². The quantitative estimate of drug-likeness (QED) is 0.228. The molecule has 17 heteroatoms. The van der Waals surface area contributed by atoms with Gasteiger partial charge in [0.25, 0.3) is 0 Å². The van der Waals surface area contributed by atoms with Gasteiger partial charge in [0.05, 0.1) is 40.9 Å². The lowest BCUT2D eigenvalue weighted by Gasteiger charge is -2.44. The summed E-state index contributed by atoms with van der Waals surface area (Å²) in [5, 5.41) is 54.7. The number of carbonyl (C=O) groups is 1. The fraction of sp³-hybridized carbons (Fsp3) is 0.786. The number of aliphatic hydroxyl groups is 4. The molecule has 2 fully saturated rings. The van der Waals surface area contributed by atoms with Gasteiger partial charge in [0, 0.05) is 44.0 Å². The van der Waals surface area contributed by atoms with Gasteiger partial charge in [-0.2, -0.15) is 0 Å². The minimum Gasteiger partial charge on any atom is -0.459 e. The first-order valence-electron chi connectivity index (χ1n) is 21.0. The van der Waals surface area contributed by atoms with Crippen molar-refractivity contribution in [3.05, 3.63) is 41.7 Å². The number of nitrogens with zero attached hydrogens (tertiary/aromatic N) is 5. The van der Waals surface area contributed by atoms with Crippen LogP contribution in [0.2, 0.25) is 0 Å². The van der Waals surface area contributed by atoms with Crippen molar-refractivity contribution in [3.8, 4) is 0 Å². The van der Waals surface area contributed by atoms with Crippen LogP contribution in [-0.2, 0) is 41.7 Å². The van der Waals surface area contributed by atoms with Gasteiger partial charge in [0.1, 0.15) is 30.6 Å². The molecule has 0 bridgehead atoms. The van der Waals surface area contributed by atoms with Gasteiger partial charge in [-0.25, -0.2) is 17.5 Å². The monoisotopic (exact) mass is 855 g/mol. The highest BCUT2D eigenvalue weighted by molar-refractivity contribution is 7.90. The Labute approximate surface area is 350 Å². The molecule has 4 N–H and O–H groups in total. The fourth-order valence-corrected chi connectivity index (χ4v) is 9.25. The van der Waals surface area contributed by atoms with Crippen LogP contribution in [0.15, 0.2) is 35.4 Å². The van der Waals surface area contributed by atoms with Crippen molar-refractivity contribution in [2.45, 2.75) is 159 Å². The molecule has 2 aromatic rings. The van der Waals surface area contributed by atoms with Gasteiger partial charge in [-0.15, -0.1) is 5.10 Å². The zero-order chi connectivity index (χ0) is 44.0. The van der Waals surface area contributed by atoms with Crippen molar-refractivity contribution in [2.75, 3.05) is 40.1 Å². The number of likely N-dealkylation sites (N-methyl/N-ethyl adjacent to an activating group) is 2. The molecule has 14 atom stereocenters. The van der Waals surface area contributed by atoms with Gasteiger partial charge in [-0.05, 0) is 96.5 Å². The summed E-state index contributed by atoms with van der Waals surface area (Å²) in [6.45, 7) is 12.9. The van der Waals surface area contributed by atoms with E-state index in [1.165, 1.54) is 23.7 Å². The molecule has 0 radical (unpaired) electrons. The van der Waals surface area contributed by atoms with Crippen molar-refractivity contribution in [1.29, 1.82) is 0 Å². The van der Waals surface area contributed by atoms with Gasteiger partial charge in [-0.3, -0.25) is 4.79 Å². The van der Waals surface area contributed by atoms with Crippen LogP contribution in [0.5, 0.6) is 0 Å². The molecular formula is C42H70FN5O10S. The predicted octanol–water partition coefficient (Wildman–Crippen LogP) is 2.98. The second-order valence-electron chi connectivity index (χ2n) is 17.8. The van der Waals surface area contributed by atoms with Crippen molar-refractivity contribution < 1.29 is 52.2 Å². The van der Waals surface area contributed by atoms with Crippen LogP contribution in [0.3, 0.4) is 0 Å². The number of benzene rings is 1. The largest absolute Gasteiger partial charge is 0.459 e. The third-order valence-electron chi connectivity index (χ3n) is 12.5. The van der Waals surface area contributed by atoms with Gasteiger partial charge >= 0.3 is 5.97 Å². The number of ether oxygens (including phenoxy) is 3. The Hall–Kier alpha value is -2.61. The van der Waals surface area contributed by atoms with E-state index in [4.69, 9.17) is 14.2 Å². The topological polar surface area (TPSA) is 197 Å². The highest BCUT2D eigenvalue weighted by Crippen LogP contribution is 2.33. The first kappa shape index (κ1) is 49.0. The fourth-order valence-electron chi connectivity index (χ4n) is 8.62. The second kappa shape index (κ2) is 21.0. The summed E-state index contributed by atoms with van der Waals surface area (Å²) in [5.41, 5.74) is -0.295. The SMILES string of the molecule is CC[C@H]1OC(=O)[C@H](C)C[C@H](C)[C@@H](O[C@@H]2O[C@H](C)C[C@H](N(C)CCc3cn([C@H](CF)Cc4ccc(S(C)(=O)=O)cc4)nn3)[C@H]2O)[C@H](O)C[C@@H](C)CN(C)[C@H](C)[C@@H](O)[C@]1(C)O. The Morgan fingerprint density at radius 2 is 1.75 bits per heavy atom. The van der Waals surface area contributed by atoms with E-state index in [0.29, 0.717) is 50.9 Å². The summed E-state index contributed by atoms with van der Waals surface area (Å²) in [7, 11) is 0.394. The number of hydrogen-bond acceptors (Lipinski definition) is 14. The van der Waals surface area contributed by atoms with E-state index in [-0.39, 0.29) is 35.3 Å². The van der Waals surface area contributed by atoms with Gasteiger partial charge < -0.3 is 44.4 Å². The Bertz CT molecular complexity index is 1730. The molecule has 1 aromatic heterocycles. The smallest absolute Gasteiger partial charge is 0.309 e. The van der Waals surface area contributed by atoms with E-state index in [0.717, 1.165) is 11.8 Å². The lowest BCUT2D eigenvalue weighted by molar-refractivity contribution is -0.285. The average Bonchev–Trinajstić information content (AvgIpc) is 3.65. The number of esters is 1. The standard InChI is InChI=1S/C42H70FN5O10S/c1-11-36-42(7,53)39(51)29(6)47(9)23-25(2)18-35(49)38(26(3)19-27(4)40(52)57-36)58-41-37(50)34(20-28(5)56-41)46(8)17-16-31-24-48(45-44-31)32(22-43)21-30-12-14-33(15-13-30)59(10,54)55/h12-15,24-29,32,34-39,41,49-51,53H,11,16-23H2,1-10H3/t25-,26+,27-,28-,29-,32+,34+,35-,36-,37-,38-,39-,41+,42-/m1/s1. The summed E-state index contributed by atoms with van der Waals surface area (Å²) in [6, 6.07) is 4.87. The molecule has 2 aliphatic heterocycles. The maximum absolute atomic E-state index is 14.2. The molecule has 59 heavy (non-hydrogen) atoms. The Kier molecular flexibility index (Phi) is 17.4. The number of alkyl halides is 1. The number of carbonyl (C=O) groups excluding carboxylic acids is 1. The number of rotatable bonds is 12. The Balaban J connectivity index is 1.45. The lowest BCUT2D eigenvalue weighted by Crippen LogP contribution is -2.58. The van der Waals surface area contributed by atoms with Crippen LogP contribution in [0.4, 0.5) is 4.39 Å². The molecule has 2 saturated heterocycles. The van der Waals surface area contributed by atoms with Crippen LogP contribution < -0.4 is 0 Å². The minimum atomic E-state index is -3.34. The Morgan fingerprint density at radius 1 is 1.08 bits per heavy atom. The average molecular weight is 856 g/mol. The number of cyclic esters (lactones) is 1. The van der Waals surface area contributed by atoms with Crippen molar-refractivity contribution in [1.82, 2.24) is 24.8 Å². The van der Waals surface area contributed by atoms with Crippen molar-refractivity contribution in [3.63, 3.8) is 0 Å². The maximum Gasteiger partial charge on any atom is 0.309 e. The highest BCUT2D eigenvalue weighted by atomic mass is 32.2. The third kappa shape index (κ3) is 12.7. The minimum absolute atomic E-state index is 0.0584. The molecule has 0 amide bonds.